The minimum absolute atomic E-state index is 0.352. The first-order valence-electron chi connectivity index (χ1n) is 10.3. The molecular formula is C25H21F3N2O3. The first-order chi connectivity index (χ1) is 15.6. The topological polar surface area (TPSA) is 58.6 Å². The summed E-state index contributed by atoms with van der Waals surface area (Å²) in [6.07, 6.45) is -4.83. The van der Waals surface area contributed by atoms with E-state index in [1.54, 1.807) is 18.2 Å². The molecule has 2 amide bonds. The van der Waals surface area contributed by atoms with Crippen molar-refractivity contribution in [3.63, 3.8) is 0 Å². The highest BCUT2D eigenvalue weighted by Crippen LogP contribution is 2.38. The smallest absolute Gasteiger partial charge is 0.406 e. The van der Waals surface area contributed by atoms with Gasteiger partial charge >= 0.3 is 6.36 Å². The van der Waals surface area contributed by atoms with Crippen molar-refractivity contribution in [2.75, 3.05) is 5.32 Å². The van der Waals surface area contributed by atoms with Crippen LogP contribution in [0.5, 0.6) is 5.75 Å². The Hall–Kier alpha value is -3.81. The van der Waals surface area contributed by atoms with Gasteiger partial charge in [-0.25, -0.2) is 0 Å². The lowest BCUT2D eigenvalue weighted by molar-refractivity contribution is -0.274. The second-order valence-corrected chi connectivity index (χ2v) is 7.86. The van der Waals surface area contributed by atoms with Crippen LogP contribution in [-0.4, -0.2) is 23.1 Å². The van der Waals surface area contributed by atoms with Crippen molar-refractivity contribution in [1.29, 1.82) is 0 Å². The summed E-state index contributed by atoms with van der Waals surface area (Å²) in [6.45, 7) is 3.66. The summed E-state index contributed by atoms with van der Waals surface area (Å²) >= 11 is 0. The number of ether oxygens (including phenoxy) is 1. The fraction of sp³-hybridized carbons (Fsp3) is 0.200. The molecule has 3 aromatic carbocycles. The number of alkyl halides is 3. The van der Waals surface area contributed by atoms with E-state index in [4.69, 9.17) is 0 Å². The standard InChI is InChI=1S/C25H21F3N2O3/c1-15-8-13-21-20(14-15)24(32)30(16(2)17-6-4-3-5-7-17)22(23(31)29-21)18-9-11-19(12-10-18)33-25(26,27)28/h3-14,16,22H,1-2H3,(H,29,31). The van der Waals surface area contributed by atoms with Gasteiger partial charge in [0.15, 0.2) is 0 Å². The molecule has 0 bridgehead atoms. The molecule has 2 atom stereocenters. The van der Waals surface area contributed by atoms with E-state index in [-0.39, 0.29) is 5.91 Å². The predicted molar refractivity (Wildman–Crippen MR) is 117 cm³/mol. The van der Waals surface area contributed by atoms with Crippen molar-refractivity contribution in [3.8, 4) is 5.75 Å². The Labute approximate surface area is 188 Å². The van der Waals surface area contributed by atoms with E-state index < -0.39 is 30.1 Å². The number of fused-ring (bicyclic) bond motifs is 1. The average molecular weight is 454 g/mol. The Morgan fingerprint density at radius 1 is 0.970 bits per heavy atom. The van der Waals surface area contributed by atoms with Gasteiger partial charge < -0.3 is 15.0 Å². The third-order valence-corrected chi connectivity index (χ3v) is 5.55. The van der Waals surface area contributed by atoms with Crippen molar-refractivity contribution in [1.82, 2.24) is 4.90 Å². The summed E-state index contributed by atoms with van der Waals surface area (Å²) in [4.78, 5) is 28.6. The van der Waals surface area contributed by atoms with Gasteiger partial charge in [-0.2, -0.15) is 0 Å². The summed E-state index contributed by atoms with van der Waals surface area (Å²) in [5.41, 5.74) is 2.78. The molecule has 0 saturated heterocycles. The van der Waals surface area contributed by atoms with Crippen molar-refractivity contribution in [3.05, 3.63) is 95.1 Å². The fourth-order valence-electron chi connectivity index (χ4n) is 3.98. The van der Waals surface area contributed by atoms with Gasteiger partial charge in [-0.3, -0.25) is 9.59 Å². The van der Waals surface area contributed by atoms with Crippen LogP contribution >= 0.6 is 0 Å². The Kier molecular flexibility index (Phi) is 5.84. The van der Waals surface area contributed by atoms with Gasteiger partial charge in [0.05, 0.1) is 17.3 Å². The predicted octanol–water partition coefficient (Wildman–Crippen LogP) is 5.79. The van der Waals surface area contributed by atoms with Crippen LogP contribution in [0, 0.1) is 6.92 Å². The van der Waals surface area contributed by atoms with Crippen molar-refractivity contribution in [2.45, 2.75) is 32.3 Å². The van der Waals surface area contributed by atoms with Crippen LogP contribution < -0.4 is 10.1 Å². The highest BCUT2D eigenvalue weighted by atomic mass is 19.4. The molecule has 1 aliphatic rings. The lowest BCUT2D eigenvalue weighted by Gasteiger charge is -2.34. The molecular weight excluding hydrogens is 433 g/mol. The Morgan fingerprint density at radius 3 is 2.27 bits per heavy atom. The molecule has 0 aliphatic carbocycles. The minimum atomic E-state index is -4.83. The van der Waals surface area contributed by atoms with Crippen molar-refractivity contribution >= 4 is 17.5 Å². The number of hydrogen-bond donors (Lipinski definition) is 1. The lowest BCUT2D eigenvalue weighted by atomic mass is 9.98. The van der Waals surface area contributed by atoms with Crippen LogP contribution in [0.15, 0.2) is 72.8 Å². The highest BCUT2D eigenvalue weighted by molar-refractivity contribution is 6.10. The zero-order valence-corrected chi connectivity index (χ0v) is 17.9. The first-order valence-corrected chi connectivity index (χ1v) is 10.3. The van der Waals surface area contributed by atoms with E-state index in [9.17, 15) is 22.8 Å². The number of amides is 2. The van der Waals surface area contributed by atoms with Crippen LogP contribution in [0.4, 0.5) is 18.9 Å². The number of rotatable bonds is 4. The third kappa shape index (κ3) is 4.69. The maximum Gasteiger partial charge on any atom is 0.573 e. The second kappa shape index (κ2) is 8.61. The Morgan fingerprint density at radius 2 is 1.64 bits per heavy atom. The number of hydrogen-bond acceptors (Lipinski definition) is 3. The summed E-state index contributed by atoms with van der Waals surface area (Å²) in [5, 5.41) is 2.81. The zero-order valence-electron chi connectivity index (χ0n) is 17.9. The number of halogens is 3. The first kappa shape index (κ1) is 22.4. The Balaban J connectivity index is 1.81. The van der Waals surface area contributed by atoms with E-state index in [0.29, 0.717) is 16.8 Å². The molecule has 1 heterocycles. The molecule has 2 unspecified atom stereocenters. The number of nitrogens with one attached hydrogen (secondary N) is 1. The SMILES string of the molecule is Cc1ccc2c(c1)C(=O)N(C(C)c1ccccc1)C(c1ccc(OC(F)(F)F)cc1)C(=O)N2. The van der Waals surface area contributed by atoms with Gasteiger partial charge in [-0.15, -0.1) is 13.2 Å². The largest absolute Gasteiger partial charge is 0.573 e. The molecule has 0 fully saturated rings. The van der Waals surface area contributed by atoms with E-state index in [1.165, 1.54) is 17.0 Å². The van der Waals surface area contributed by atoms with E-state index in [0.717, 1.165) is 23.3 Å². The zero-order chi connectivity index (χ0) is 23.8. The summed E-state index contributed by atoms with van der Waals surface area (Å²) in [6, 6.07) is 17.9. The summed E-state index contributed by atoms with van der Waals surface area (Å²) in [7, 11) is 0. The van der Waals surface area contributed by atoms with Gasteiger partial charge in [0.2, 0.25) is 0 Å². The Bertz CT molecular complexity index is 1180. The van der Waals surface area contributed by atoms with Crippen LogP contribution in [0.2, 0.25) is 0 Å². The molecule has 3 aromatic rings. The number of benzene rings is 3. The number of nitrogens with zero attached hydrogens (tertiary/aromatic N) is 1. The quantitative estimate of drug-likeness (QED) is 0.543. The monoisotopic (exact) mass is 454 g/mol. The number of aryl methyl sites for hydroxylation is 1. The van der Waals surface area contributed by atoms with Crippen LogP contribution in [-0.2, 0) is 4.79 Å². The molecule has 33 heavy (non-hydrogen) atoms. The van der Waals surface area contributed by atoms with Crippen molar-refractivity contribution in [2.24, 2.45) is 0 Å². The maximum atomic E-state index is 13.7. The van der Waals surface area contributed by atoms with Crippen LogP contribution in [0.3, 0.4) is 0 Å². The summed E-state index contributed by atoms with van der Waals surface area (Å²) < 4.78 is 41.6. The minimum Gasteiger partial charge on any atom is -0.406 e. The average Bonchev–Trinajstić information content (AvgIpc) is 2.88. The molecule has 0 radical (unpaired) electrons. The van der Waals surface area contributed by atoms with E-state index >= 15 is 0 Å². The summed E-state index contributed by atoms with van der Waals surface area (Å²) in [5.74, 6) is -1.23. The van der Waals surface area contributed by atoms with Gasteiger partial charge in [-0.05, 0) is 49.2 Å². The molecule has 5 nitrogen and oxygen atoms in total. The van der Waals surface area contributed by atoms with E-state index in [1.807, 2.05) is 44.2 Å². The fourth-order valence-corrected chi connectivity index (χ4v) is 3.98. The number of carbonyl (C=O) groups is 2. The van der Waals surface area contributed by atoms with Gasteiger partial charge in [-0.1, -0.05) is 54.1 Å². The molecule has 0 aromatic heterocycles. The second-order valence-electron chi connectivity index (χ2n) is 7.86. The number of anilines is 1. The molecule has 1 aliphatic heterocycles. The van der Waals surface area contributed by atoms with E-state index in [2.05, 4.69) is 10.1 Å². The van der Waals surface area contributed by atoms with Gasteiger partial charge in [0.1, 0.15) is 11.8 Å². The number of carbonyl (C=O) groups excluding carboxylic acids is 2. The van der Waals surface area contributed by atoms with Gasteiger partial charge in [0.25, 0.3) is 11.8 Å². The molecule has 0 spiro atoms. The molecule has 4 rings (SSSR count). The van der Waals surface area contributed by atoms with Crippen LogP contribution in [0.25, 0.3) is 0 Å². The molecule has 1 N–H and O–H groups in total. The lowest BCUT2D eigenvalue weighted by Crippen LogP contribution is -2.40. The van der Waals surface area contributed by atoms with Gasteiger partial charge in [0, 0.05) is 0 Å². The third-order valence-electron chi connectivity index (χ3n) is 5.55. The highest BCUT2D eigenvalue weighted by Gasteiger charge is 2.40. The molecule has 170 valence electrons. The van der Waals surface area contributed by atoms with Crippen molar-refractivity contribution < 1.29 is 27.5 Å². The normalized spacial score (nSPS) is 17.1. The maximum absolute atomic E-state index is 13.7. The molecule has 0 saturated carbocycles. The molecule has 8 heteroatoms. The van der Waals surface area contributed by atoms with Crippen LogP contribution in [0.1, 0.15) is 46.1 Å².